The van der Waals surface area contributed by atoms with E-state index >= 15 is 0 Å². The molecule has 0 fully saturated rings. The molecule has 0 aliphatic rings. The molecule has 1 aromatic carbocycles. The van der Waals surface area contributed by atoms with Gasteiger partial charge in [-0.3, -0.25) is 0 Å². The highest BCUT2D eigenvalue weighted by atomic mass is 19.3. The van der Waals surface area contributed by atoms with Gasteiger partial charge >= 0.3 is 5.97 Å². The molecular weight excluding hydrogens is 206 g/mol. The molecule has 0 radical (unpaired) electrons. The summed E-state index contributed by atoms with van der Waals surface area (Å²) in [6.07, 6.45) is -2.66. The maximum absolute atomic E-state index is 12.5. The molecule has 0 spiro atoms. The number of nitrogens with zero attached hydrogens (tertiary/aromatic N) is 1. The van der Waals surface area contributed by atoms with E-state index in [9.17, 15) is 13.6 Å². The van der Waals surface area contributed by atoms with Crippen LogP contribution in [0.3, 0.4) is 0 Å². The Morgan fingerprint density at radius 2 is 2.20 bits per heavy atom. The van der Waals surface area contributed by atoms with E-state index < -0.39 is 12.4 Å². The van der Waals surface area contributed by atoms with Gasteiger partial charge in [-0.15, -0.1) is 0 Å². The van der Waals surface area contributed by atoms with Gasteiger partial charge < -0.3 is 10.1 Å². The molecule has 4 nitrogen and oxygen atoms in total. The van der Waals surface area contributed by atoms with Gasteiger partial charge in [-0.25, -0.2) is 18.6 Å². The lowest BCUT2D eigenvalue weighted by Gasteiger charge is -1.99. The smallest absolute Gasteiger partial charge is 0.371 e. The Morgan fingerprint density at radius 3 is 2.80 bits per heavy atom. The van der Waals surface area contributed by atoms with Crippen LogP contribution in [0.2, 0.25) is 0 Å². The first kappa shape index (κ1) is 9.57. The number of carbonyl (C=O) groups is 1. The number of alkyl halides is 2. The highest BCUT2D eigenvalue weighted by Gasteiger charge is 2.16. The van der Waals surface area contributed by atoms with E-state index in [2.05, 4.69) is 9.97 Å². The van der Waals surface area contributed by atoms with Gasteiger partial charge in [0.25, 0.3) is 6.43 Å². The van der Waals surface area contributed by atoms with Gasteiger partial charge in [0.15, 0.2) is 0 Å². The Bertz CT molecular complexity index is 522. The highest BCUT2D eigenvalue weighted by molar-refractivity contribution is 5.90. The number of nitrogens with one attached hydrogen (secondary N) is 1. The van der Waals surface area contributed by atoms with Crippen LogP contribution in [0.4, 0.5) is 8.78 Å². The maximum atomic E-state index is 12.5. The molecule has 15 heavy (non-hydrogen) atoms. The molecule has 0 bridgehead atoms. The first-order valence-electron chi connectivity index (χ1n) is 4.09. The zero-order valence-corrected chi connectivity index (χ0v) is 7.37. The highest BCUT2D eigenvalue weighted by Crippen LogP contribution is 2.25. The summed E-state index contributed by atoms with van der Waals surface area (Å²) in [4.78, 5) is 16.6. The van der Waals surface area contributed by atoms with Crippen LogP contribution in [0.15, 0.2) is 18.2 Å². The quantitative estimate of drug-likeness (QED) is 0.801. The second-order valence-corrected chi connectivity index (χ2v) is 2.93. The fraction of sp³-hybridized carbons (Fsp3) is 0.111. The van der Waals surface area contributed by atoms with Crippen molar-refractivity contribution < 1.29 is 18.7 Å². The Kier molecular flexibility index (Phi) is 2.11. The third-order valence-electron chi connectivity index (χ3n) is 1.99. The number of imidazole rings is 1. The van der Waals surface area contributed by atoms with Crippen LogP contribution in [0.1, 0.15) is 22.6 Å². The lowest BCUT2D eigenvalue weighted by molar-refractivity contribution is 0.0685. The summed E-state index contributed by atoms with van der Waals surface area (Å²) in [6.45, 7) is 0. The van der Waals surface area contributed by atoms with E-state index in [1.54, 1.807) is 0 Å². The second kappa shape index (κ2) is 3.30. The predicted molar refractivity (Wildman–Crippen MR) is 48.0 cm³/mol. The minimum absolute atomic E-state index is 0.0740. The summed E-state index contributed by atoms with van der Waals surface area (Å²) >= 11 is 0. The summed E-state index contributed by atoms with van der Waals surface area (Å²) in [6, 6.07) is 4.12. The average Bonchev–Trinajstić information content (AvgIpc) is 2.60. The van der Waals surface area contributed by atoms with Gasteiger partial charge in [-0.2, -0.15) is 0 Å². The zero-order valence-electron chi connectivity index (χ0n) is 7.37. The van der Waals surface area contributed by atoms with Crippen molar-refractivity contribution in [2.24, 2.45) is 0 Å². The summed E-state index contributed by atoms with van der Waals surface area (Å²) in [7, 11) is 0. The van der Waals surface area contributed by atoms with Crippen LogP contribution in [-0.4, -0.2) is 21.0 Å². The molecule has 0 aliphatic heterocycles. The van der Waals surface area contributed by atoms with E-state index in [1.807, 2.05) is 0 Å². The monoisotopic (exact) mass is 212 g/mol. The molecule has 78 valence electrons. The molecule has 6 heteroatoms. The molecule has 2 rings (SSSR count). The number of rotatable bonds is 2. The number of aromatic carboxylic acids is 1. The third-order valence-corrected chi connectivity index (χ3v) is 1.99. The lowest BCUT2D eigenvalue weighted by atomic mass is 10.2. The van der Waals surface area contributed by atoms with Crippen LogP contribution < -0.4 is 0 Å². The molecular formula is C9H6F2N2O2. The fourth-order valence-electron chi connectivity index (χ4n) is 1.34. The number of H-pyrrole nitrogens is 1. The number of carboxylic acids is 1. The molecule has 0 saturated heterocycles. The zero-order chi connectivity index (χ0) is 11.0. The van der Waals surface area contributed by atoms with Gasteiger partial charge in [0.05, 0.1) is 11.0 Å². The summed E-state index contributed by atoms with van der Waals surface area (Å²) in [5.74, 6) is -1.61. The number of aromatic nitrogens is 2. The van der Waals surface area contributed by atoms with Crippen LogP contribution in [0.5, 0.6) is 0 Å². The summed E-state index contributed by atoms with van der Waals surface area (Å²) in [5.41, 5.74) is 0.0580. The SMILES string of the molecule is O=C(O)c1nc2cccc(C(F)F)c2[nH]1. The Labute approximate surface area is 82.6 Å². The van der Waals surface area contributed by atoms with Gasteiger partial charge in [0.2, 0.25) is 5.82 Å². The number of halogens is 2. The molecule has 0 atom stereocenters. The second-order valence-electron chi connectivity index (χ2n) is 2.93. The van der Waals surface area contributed by atoms with Gasteiger partial charge in [0.1, 0.15) is 0 Å². The molecule has 2 N–H and O–H groups in total. The normalized spacial score (nSPS) is 11.1. The summed E-state index contributed by atoms with van der Waals surface area (Å²) < 4.78 is 25.0. The largest absolute Gasteiger partial charge is 0.475 e. The predicted octanol–water partition coefficient (Wildman–Crippen LogP) is 2.20. The van der Waals surface area contributed by atoms with Gasteiger partial charge in [-0.1, -0.05) is 12.1 Å². The first-order chi connectivity index (χ1) is 7.09. The fourth-order valence-corrected chi connectivity index (χ4v) is 1.34. The van der Waals surface area contributed by atoms with E-state index in [1.165, 1.54) is 18.2 Å². The molecule has 1 aromatic heterocycles. The molecule has 0 amide bonds. The van der Waals surface area contributed by atoms with E-state index in [0.717, 1.165) is 0 Å². The number of aromatic amines is 1. The van der Waals surface area contributed by atoms with Crippen molar-refractivity contribution in [1.29, 1.82) is 0 Å². The van der Waals surface area contributed by atoms with Gasteiger partial charge in [-0.05, 0) is 6.07 Å². The van der Waals surface area contributed by atoms with Crippen molar-refractivity contribution in [3.05, 3.63) is 29.6 Å². The minimum atomic E-state index is -2.66. The van der Waals surface area contributed by atoms with Crippen LogP contribution in [-0.2, 0) is 0 Å². The maximum Gasteiger partial charge on any atom is 0.371 e. The third kappa shape index (κ3) is 1.54. The molecule has 1 heterocycles. The number of para-hydroxylation sites is 1. The number of fused-ring (bicyclic) bond motifs is 1. The Balaban J connectivity index is 2.69. The first-order valence-corrected chi connectivity index (χ1v) is 4.09. The number of hydrogen-bond acceptors (Lipinski definition) is 2. The molecule has 0 saturated carbocycles. The van der Waals surface area contributed by atoms with E-state index in [0.29, 0.717) is 0 Å². The average molecular weight is 212 g/mol. The topological polar surface area (TPSA) is 66.0 Å². The lowest BCUT2D eigenvalue weighted by Crippen LogP contribution is -1.98. The number of hydrogen-bond donors (Lipinski definition) is 2. The minimum Gasteiger partial charge on any atom is -0.475 e. The van der Waals surface area contributed by atoms with Gasteiger partial charge in [0, 0.05) is 5.56 Å². The molecule has 0 aliphatic carbocycles. The number of benzene rings is 1. The number of carboxylic acid groups (broad SMARTS) is 1. The summed E-state index contributed by atoms with van der Waals surface area (Å²) in [5, 5.41) is 8.63. The molecule has 2 aromatic rings. The molecule has 0 unspecified atom stereocenters. The van der Waals surface area contributed by atoms with Crippen molar-refractivity contribution in [2.75, 3.05) is 0 Å². The van der Waals surface area contributed by atoms with Crippen LogP contribution in [0, 0.1) is 0 Å². The van der Waals surface area contributed by atoms with E-state index in [-0.39, 0.29) is 22.4 Å². The van der Waals surface area contributed by atoms with Crippen molar-refractivity contribution in [2.45, 2.75) is 6.43 Å². The van der Waals surface area contributed by atoms with Crippen LogP contribution >= 0.6 is 0 Å². The van der Waals surface area contributed by atoms with E-state index in [4.69, 9.17) is 5.11 Å². The van der Waals surface area contributed by atoms with Crippen LogP contribution in [0.25, 0.3) is 11.0 Å². The standard InChI is InChI=1S/C9H6F2N2O2/c10-7(11)4-2-1-3-5-6(4)13-8(12-5)9(14)15/h1-3,7H,(H,12,13)(H,14,15). The van der Waals surface area contributed by atoms with Crippen molar-refractivity contribution in [3.63, 3.8) is 0 Å². The Morgan fingerprint density at radius 1 is 1.47 bits per heavy atom. The van der Waals surface area contributed by atoms with Crippen molar-refractivity contribution in [3.8, 4) is 0 Å². The van der Waals surface area contributed by atoms with Crippen molar-refractivity contribution in [1.82, 2.24) is 9.97 Å². The van der Waals surface area contributed by atoms with Crippen molar-refractivity contribution >= 4 is 17.0 Å². The Hall–Kier alpha value is -1.98.